The van der Waals surface area contributed by atoms with E-state index in [0.29, 0.717) is 80.7 Å². The van der Waals surface area contributed by atoms with Crippen LogP contribution in [0.3, 0.4) is 0 Å². The molecule has 0 fully saturated rings. The Morgan fingerprint density at radius 1 is 0.720 bits per heavy atom. The van der Waals surface area contributed by atoms with Crippen molar-refractivity contribution < 1.29 is 41.0 Å². The average Bonchev–Trinajstić information content (AvgIpc) is 3.89. The molecule has 432 valence electrons. The number of aromatic nitrogens is 2. The number of rotatable bonds is 13. The molecule has 82 heavy (non-hydrogen) atoms. The predicted octanol–water partition coefficient (Wildman–Crippen LogP) is 16.6. The molecule has 0 unspecified atom stereocenters. The zero-order valence-corrected chi connectivity index (χ0v) is 49.1. The highest BCUT2D eigenvalue weighted by Crippen LogP contribution is 2.49. The third kappa shape index (κ3) is 18.5. The van der Waals surface area contributed by atoms with E-state index in [1.54, 1.807) is 79.9 Å². The van der Waals surface area contributed by atoms with Crippen LogP contribution in [0.25, 0.3) is 12.2 Å². The van der Waals surface area contributed by atoms with Crippen LogP contribution < -0.4 is 20.8 Å². The van der Waals surface area contributed by atoms with Crippen molar-refractivity contribution in [1.29, 1.82) is 0 Å². The minimum absolute atomic E-state index is 0.00266. The molecule has 0 atom stereocenters. The van der Waals surface area contributed by atoms with E-state index in [4.69, 9.17) is 74.3 Å². The predicted molar refractivity (Wildman–Crippen MR) is 318 cm³/mol. The van der Waals surface area contributed by atoms with E-state index in [1.807, 2.05) is 62.4 Å². The maximum atomic E-state index is 12.8. The average molecular weight is 1250 g/mol. The molecule has 2 heterocycles. The van der Waals surface area contributed by atoms with Crippen LogP contribution in [0.15, 0.2) is 168 Å². The van der Waals surface area contributed by atoms with E-state index in [2.05, 4.69) is 45.1 Å². The molecule has 1 aliphatic rings. The lowest BCUT2D eigenvalue weighted by molar-refractivity contribution is -0.138. The lowest BCUT2D eigenvalue weighted by Crippen LogP contribution is -2.46. The number of halogens is 12. The summed E-state index contributed by atoms with van der Waals surface area (Å²) >= 11 is 36.0. The van der Waals surface area contributed by atoms with Gasteiger partial charge in [-0.3, -0.25) is 14.5 Å². The number of aliphatic hydroxyl groups is 1. The molecule has 22 heteroatoms. The number of guanidine groups is 1. The highest BCUT2D eigenvalue weighted by Gasteiger charge is 2.50. The van der Waals surface area contributed by atoms with E-state index >= 15 is 0 Å². The van der Waals surface area contributed by atoms with Crippen molar-refractivity contribution in [3.05, 3.63) is 229 Å². The molecule has 1 aliphatic heterocycles. The lowest BCUT2D eigenvalue weighted by atomic mass is 9.87. The van der Waals surface area contributed by atoms with E-state index in [1.165, 1.54) is 34.5 Å². The number of carbonyl (C=O) groups excluding carboxylic acids is 1. The Labute approximate surface area is 501 Å². The number of nitrogens with one attached hydrogen (secondary N) is 3. The molecule has 0 saturated heterocycles. The van der Waals surface area contributed by atoms with Gasteiger partial charge in [0.05, 0.1) is 27.6 Å². The minimum atomic E-state index is -4.43. The summed E-state index contributed by atoms with van der Waals surface area (Å²) in [4.78, 5) is 16.8. The van der Waals surface area contributed by atoms with Crippen LogP contribution in [0.4, 0.5) is 26.3 Å². The summed E-state index contributed by atoms with van der Waals surface area (Å²) in [5.41, 5.74) is 5.01. The van der Waals surface area contributed by atoms with E-state index in [-0.39, 0.29) is 11.3 Å². The third-order valence-corrected chi connectivity index (χ3v) is 14.0. The van der Waals surface area contributed by atoms with Gasteiger partial charge in [-0.2, -0.15) is 36.5 Å². The Morgan fingerprint density at radius 2 is 1.17 bits per heavy atom. The molecule has 0 spiro atoms. The molecule has 0 saturated carbocycles. The highest BCUT2D eigenvalue weighted by molar-refractivity contribution is 6.68. The highest BCUT2D eigenvalue weighted by atomic mass is 35.6. The number of aliphatic imine (C=N–C) groups is 1. The van der Waals surface area contributed by atoms with E-state index in [0.717, 1.165) is 47.0 Å². The number of hydrogen-bond acceptors (Lipinski definition) is 8. The summed E-state index contributed by atoms with van der Waals surface area (Å²) in [6.07, 6.45) is -1.86. The van der Waals surface area contributed by atoms with Crippen molar-refractivity contribution >= 4 is 99.3 Å². The number of hydrazone groups is 1. The molecule has 0 aliphatic carbocycles. The Kier molecular flexibility index (Phi) is 22.2. The minimum Gasteiger partial charge on any atom is -0.457 e. The smallest absolute Gasteiger partial charge is 0.416 e. The van der Waals surface area contributed by atoms with Crippen molar-refractivity contribution in [3.8, 4) is 11.5 Å². The number of carbonyl (C=O) groups is 1. The molecular formula is C60H55Cl6F6N7O3. The van der Waals surface area contributed by atoms with Gasteiger partial charge in [0.25, 0.3) is 5.91 Å². The molecule has 4 N–H and O–H groups in total. The number of aryl methyl sites for hydroxylation is 3. The fraction of sp³-hybridized carbons (Fsp3) is 0.233. The van der Waals surface area contributed by atoms with Gasteiger partial charge in [-0.25, -0.2) is 5.43 Å². The van der Waals surface area contributed by atoms with Gasteiger partial charge < -0.3 is 20.5 Å². The Morgan fingerprint density at radius 3 is 1.57 bits per heavy atom. The maximum absolute atomic E-state index is 12.8. The van der Waals surface area contributed by atoms with Gasteiger partial charge in [-0.05, 0) is 126 Å². The van der Waals surface area contributed by atoms with Crippen LogP contribution in [0.1, 0.15) is 81.5 Å². The standard InChI is InChI=1S/C25H24F6N4.C21H22ClN3O2.C14H9Cl5O/c1-23(2)15-32-22(33-16-23)35-34-21(13-7-17-3-9-19(10-4-17)24(26,27)28)14-8-18-5-11-20(12-6-18)25(29,30)31;1-4-18-19(22)20(25(3)24-18)21(26)23-13-15-7-11-17(12-8-15)27-16-9-5-14(2)6-10-16;15-11-5-1-9(2-6-11)13(20,14(17,18)19)10-3-7-12(16)8-4-10/h3-14H,15-16H2,1-2H3,(H2,32,33,35);5-12H,4,13H2,1-3H3,(H,23,26);1-8,20H/b13-7+,14-8+;;. The maximum Gasteiger partial charge on any atom is 0.416 e. The lowest BCUT2D eigenvalue weighted by Gasteiger charge is -2.35. The first-order chi connectivity index (χ1) is 38.5. The zero-order valence-electron chi connectivity index (χ0n) is 44.6. The molecule has 0 bridgehead atoms. The Bertz CT molecular complexity index is 3250. The van der Waals surface area contributed by atoms with Gasteiger partial charge in [0.15, 0.2) is 5.60 Å². The molecule has 0 radical (unpaired) electrons. The normalized spacial score (nSPS) is 13.5. The molecule has 10 nitrogen and oxygen atoms in total. The summed E-state index contributed by atoms with van der Waals surface area (Å²) in [7, 11) is 1.72. The van der Waals surface area contributed by atoms with E-state index in [9.17, 15) is 36.2 Å². The molecule has 6 aromatic carbocycles. The van der Waals surface area contributed by atoms with Gasteiger partial charge in [-0.1, -0.05) is 181 Å². The SMILES string of the molecule is CC1(C)CN=C(NN=C(/C=C/c2ccc(C(F)(F)F)cc2)/C=C/c2ccc(C(F)(F)F)cc2)NC1.CCc1nn(C)c(C(=O)NCc2ccc(Oc3ccc(C)cc3)cc2)c1Cl.OC(c1ccc(Cl)cc1)(c1ccc(Cl)cc1)C(Cl)(Cl)Cl. The zero-order chi connectivity index (χ0) is 60.0. The second-order valence-corrected chi connectivity index (χ2v) is 22.8. The number of hydrogen-bond donors (Lipinski definition) is 4. The van der Waals surface area contributed by atoms with Crippen LogP contribution in [-0.4, -0.2) is 49.3 Å². The number of nitrogens with zero attached hydrogens (tertiary/aromatic N) is 4. The summed E-state index contributed by atoms with van der Waals surface area (Å²) in [5, 5.41) is 27.0. The Balaban J connectivity index is 0.000000205. The molecular weight excluding hydrogens is 1190 g/mol. The van der Waals surface area contributed by atoms with Gasteiger partial charge in [0, 0.05) is 42.1 Å². The number of alkyl halides is 9. The molecule has 1 aromatic heterocycles. The van der Waals surface area contributed by atoms with E-state index < -0.39 is 32.9 Å². The number of allylic oxidation sites excluding steroid dienone is 2. The van der Waals surface area contributed by atoms with Gasteiger partial charge in [0.2, 0.25) is 9.75 Å². The first kappa shape index (κ1) is 64.7. The van der Waals surface area contributed by atoms with Crippen molar-refractivity contribution in [2.45, 2.75) is 62.4 Å². The van der Waals surface area contributed by atoms with Crippen LogP contribution in [0.5, 0.6) is 11.5 Å². The van der Waals surface area contributed by atoms with Crippen molar-refractivity contribution in [1.82, 2.24) is 25.8 Å². The first-order valence-corrected chi connectivity index (χ1v) is 27.3. The van der Waals surface area contributed by atoms with Gasteiger partial charge >= 0.3 is 12.4 Å². The summed E-state index contributed by atoms with van der Waals surface area (Å²) < 4.78 is 82.0. The monoisotopic (exact) mass is 1250 g/mol. The third-order valence-electron chi connectivity index (χ3n) is 12.2. The van der Waals surface area contributed by atoms with Crippen molar-refractivity contribution in [3.63, 3.8) is 0 Å². The van der Waals surface area contributed by atoms with Gasteiger partial charge in [-0.15, -0.1) is 0 Å². The fourth-order valence-corrected chi connectivity index (χ4v) is 8.85. The second-order valence-electron chi connectivity index (χ2n) is 19.3. The quantitative estimate of drug-likeness (QED) is 0.0394. The van der Waals surface area contributed by atoms with Gasteiger partial charge in [0.1, 0.15) is 17.2 Å². The van der Waals surface area contributed by atoms with Crippen LogP contribution in [0, 0.1) is 12.3 Å². The number of ether oxygens (including phenoxy) is 1. The summed E-state index contributed by atoms with van der Waals surface area (Å²) in [5.74, 6) is 1.76. The molecule has 8 rings (SSSR count). The Hall–Kier alpha value is -6.50. The van der Waals surface area contributed by atoms with Crippen LogP contribution >= 0.6 is 69.6 Å². The second kappa shape index (κ2) is 28.2. The number of amides is 1. The molecule has 7 aromatic rings. The van der Waals surface area contributed by atoms with Crippen LogP contribution in [0.2, 0.25) is 15.1 Å². The number of benzene rings is 6. The largest absolute Gasteiger partial charge is 0.457 e. The van der Waals surface area contributed by atoms with Crippen molar-refractivity contribution in [2.24, 2.45) is 22.6 Å². The summed E-state index contributed by atoms with van der Waals surface area (Å²) in [6, 6.07) is 37.7. The first-order valence-electron chi connectivity index (χ1n) is 25.0. The summed E-state index contributed by atoms with van der Waals surface area (Å²) in [6.45, 7) is 9.79. The topological polar surface area (TPSA) is 125 Å². The molecule has 1 amide bonds. The fourth-order valence-electron chi connectivity index (χ4n) is 7.57. The van der Waals surface area contributed by atoms with Crippen LogP contribution in [-0.2, 0) is 38.0 Å². The van der Waals surface area contributed by atoms with Crippen molar-refractivity contribution in [2.75, 3.05) is 13.1 Å².